The number of fused-ring (bicyclic) bond motifs is 2. The van der Waals surface area contributed by atoms with Crippen LogP contribution in [0.4, 0.5) is 0 Å². The largest absolute Gasteiger partial charge is 0.394 e. The highest BCUT2D eigenvalue weighted by Crippen LogP contribution is 2.22. The lowest BCUT2D eigenvalue weighted by atomic mass is 9.98. The highest BCUT2D eigenvalue weighted by molar-refractivity contribution is 5.98. The fourth-order valence-corrected chi connectivity index (χ4v) is 5.71. The van der Waals surface area contributed by atoms with Crippen LogP contribution < -0.4 is 21.3 Å². The molecule has 6 N–H and O–H groups in total. The number of nitrogens with one attached hydrogen (secondary N) is 5. The second-order valence-electron chi connectivity index (χ2n) is 12.0. The predicted molar refractivity (Wildman–Crippen MR) is 156 cm³/mol. The average molecular weight is 583 g/mol. The van der Waals surface area contributed by atoms with Crippen LogP contribution in [0.1, 0.15) is 52.5 Å². The molecule has 12 nitrogen and oxygen atoms in total. The third-order valence-corrected chi connectivity index (χ3v) is 7.95. The molecule has 2 aliphatic heterocycles. The van der Waals surface area contributed by atoms with Crippen LogP contribution in [0, 0.1) is 11.8 Å². The first-order chi connectivity index (χ1) is 20.0. The molecule has 2 aromatic rings. The summed E-state index contributed by atoms with van der Waals surface area (Å²) in [4.78, 5) is 72.2. The second kappa shape index (κ2) is 13.4. The van der Waals surface area contributed by atoms with Crippen LogP contribution in [0.3, 0.4) is 0 Å². The molecule has 4 rings (SSSR count). The van der Waals surface area contributed by atoms with E-state index in [4.69, 9.17) is 0 Å². The molecule has 228 valence electrons. The second-order valence-corrected chi connectivity index (χ2v) is 12.0. The van der Waals surface area contributed by atoms with Crippen molar-refractivity contribution < 1.29 is 29.1 Å². The van der Waals surface area contributed by atoms with Crippen LogP contribution >= 0.6 is 0 Å². The Morgan fingerprint density at radius 1 is 0.857 bits per heavy atom. The number of hydrogen-bond acceptors (Lipinski definition) is 6. The molecule has 42 heavy (non-hydrogen) atoms. The first-order valence-corrected chi connectivity index (χ1v) is 14.7. The van der Waals surface area contributed by atoms with Gasteiger partial charge in [0, 0.05) is 30.1 Å². The number of carbonyl (C=O) groups excluding carboxylic acids is 5. The number of aromatic nitrogens is 1. The monoisotopic (exact) mass is 582 g/mol. The van der Waals surface area contributed by atoms with Crippen molar-refractivity contribution in [2.75, 3.05) is 13.2 Å². The van der Waals surface area contributed by atoms with Gasteiger partial charge in [0.1, 0.15) is 30.2 Å². The normalized spacial score (nSPS) is 26.4. The highest BCUT2D eigenvalue weighted by Gasteiger charge is 2.41. The molecule has 0 radical (unpaired) electrons. The van der Waals surface area contributed by atoms with Crippen LogP contribution in [-0.4, -0.2) is 87.9 Å². The van der Waals surface area contributed by atoms with Gasteiger partial charge < -0.3 is 36.3 Å². The number of amides is 5. The Labute approximate surface area is 245 Å². The van der Waals surface area contributed by atoms with Gasteiger partial charge in [-0.25, -0.2) is 0 Å². The van der Waals surface area contributed by atoms with Crippen molar-refractivity contribution in [2.45, 2.75) is 83.6 Å². The highest BCUT2D eigenvalue weighted by atomic mass is 16.3. The van der Waals surface area contributed by atoms with Gasteiger partial charge in [0.25, 0.3) is 0 Å². The molecular weight excluding hydrogens is 540 g/mol. The van der Waals surface area contributed by atoms with E-state index in [0.717, 1.165) is 16.5 Å². The summed E-state index contributed by atoms with van der Waals surface area (Å²) in [7, 11) is 0. The molecule has 0 bridgehead atoms. The van der Waals surface area contributed by atoms with Crippen molar-refractivity contribution in [1.82, 2.24) is 31.2 Å². The van der Waals surface area contributed by atoms with Crippen LogP contribution in [0.5, 0.6) is 0 Å². The number of aromatic amines is 1. The van der Waals surface area contributed by atoms with Crippen molar-refractivity contribution in [3.8, 4) is 0 Å². The van der Waals surface area contributed by atoms with Crippen LogP contribution in [0.25, 0.3) is 10.9 Å². The molecule has 1 aromatic carbocycles. The molecule has 5 atom stereocenters. The number of H-pyrrole nitrogens is 1. The summed E-state index contributed by atoms with van der Waals surface area (Å²) in [5.74, 6) is -3.11. The van der Waals surface area contributed by atoms with E-state index in [1.165, 1.54) is 4.90 Å². The summed E-state index contributed by atoms with van der Waals surface area (Å²) in [5, 5.41) is 22.0. The zero-order valence-electron chi connectivity index (χ0n) is 24.6. The molecule has 5 amide bonds. The van der Waals surface area contributed by atoms with Gasteiger partial charge in [0.2, 0.25) is 29.5 Å². The van der Waals surface area contributed by atoms with Gasteiger partial charge in [-0.05, 0) is 42.7 Å². The summed E-state index contributed by atoms with van der Waals surface area (Å²) < 4.78 is 0. The fourth-order valence-electron chi connectivity index (χ4n) is 5.71. The van der Waals surface area contributed by atoms with E-state index in [1.807, 2.05) is 38.1 Å². The van der Waals surface area contributed by atoms with Crippen molar-refractivity contribution >= 4 is 40.4 Å². The Kier molecular flexibility index (Phi) is 9.87. The van der Waals surface area contributed by atoms with Crippen molar-refractivity contribution in [1.29, 1.82) is 0 Å². The Hall–Kier alpha value is -3.93. The average Bonchev–Trinajstić information content (AvgIpc) is 3.60. The van der Waals surface area contributed by atoms with E-state index >= 15 is 0 Å². The first kappa shape index (κ1) is 31.0. The predicted octanol–water partition coefficient (Wildman–Crippen LogP) is 0.349. The number of rotatable bonds is 6. The van der Waals surface area contributed by atoms with Crippen LogP contribution in [-0.2, 0) is 30.4 Å². The molecule has 3 heterocycles. The summed E-state index contributed by atoms with van der Waals surface area (Å²) in [5.41, 5.74) is 1.64. The number of carbonyl (C=O) groups is 5. The van der Waals surface area contributed by atoms with E-state index in [9.17, 15) is 29.1 Å². The van der Waals surface area contributed by atoms with Crippen molar-refractivity contribution in [3.63, 3.8) is 0 Å². The van der Waals surface area contributed by atoms with E-state index in [1.54, 1.807) is 20.0 Å². The van der Waals surface area contributed by atoms with Crippen molar-refractivity contribution in [2.24, 2.45) is 11.8 Å². The van der Waals surface area contributed by atoms with E-state index in [0.29, 0.717) is 19.3 Å². The lowest BCUT2D eigenvalue weighted by molar-refractivity contribution is -0.143. The topological polar surface area (TPSA) is 173 Å². The summed E-state index contributed by atoms with van der Waals surface area (Å²) >= 11 is 0. The number of para-hydroxylation sites is 1. The molecule has 2 saturated heterocycles. The quantitative estimate of drug-likeness (QED) is 0.287. The Morgan fingerprint density at radius 3 is 2.21 bits per heavy atom. The molecule has 1 aromatic heterocycles. The smallest absolute Gasteiger partial charge is 0.248 e. The van der Waals surface area contributed by atoms with Crippen LogP contribution in [0.15, 0.2) is 30.5 Å². The van der Waals surface area contributed by atoms with Gasteiger partial charge in [-0.2, -0.15) is 0 Å². The number of aliphatic hydroxyl groups excluding tert-OH is 1. The number of aliphatic hydroxyl groups is 1. The molecule has 0 saturated carbocycles. The standard InChI is InChI=1S/C30H42N6O6/c1-16(2)12-21-26(38)32-22(13-18-14-31-20-9-6-5-8-19(18)20)27(39)34-23(15-37)30(42)36-11-7-10-24(36)28(40)35-25(17(3)4)29(41)33-21/h5-6,8-9,14,16-17,21-25,31,37H,7,10-13,15H2,1-4H3,(H,32,38)(H,33,41)(H,34,39)(H,35,40). The molecular formula is C30H42N6O6. The number of nitrogens with zero attached hydrogens (tertiary/aromatic N) is 1. The Balaban J connectivity index is 1.73. The SMILES string of the molecule is CC(C)CC1NC(=O)C(C(C)C)NC(=O)C2CCCN2C(=O)C(CO)NC(=O)C(Cc2c[nH]c3ccccc23)NC1=O. The van der Waals surface area contributed by atoms with Crippen LogP contribution in [0.2, 0.25) is 0 Å². The van der Waals surface area contributed by atoms with E-state index < -0.39 is 66.4 Å². The molecule has 0 spiro atoms. The third kappa shape index (κ3) is 6.92. The molecule has 12 heteroatoms. The molecule has 0 aliphatic carbocycles. The van der Waals surface area contributed by atoms with Gasteiger partial charge in [-0.1, -0.05) is 45.9 Å². The number of benzene rings is 1. The van der Waals surface area contributed by atoms with E-state index in [-0.39, 0.29) is 24.8 Å². The molecule has 5 unspecified atom stereocenters. The van der Waals surface area contributed by atoms with Gasteiger partial charge in [-0.3, -0.25) is 24.0 Å². The zero-order valence-corrected chi connectivity index (χ0v) is 24.6. The zero-order chi connectivity index (χ0) is 30.6. The first-order valence-electron chi connectivity index (χ1n) is 14.7. The van der Waals surface area contributed by atoms with Gasteiger partial charge in [-0.15, -0.1) is 0 Å². The summed E-state index contributed by atoms with van der Waals surface area (Å²) in [6, 6.07) is 2.35. The minimum atomic E-state index is -1.31. The number of hydrogen-bond donors (Lipinski definition) is 6. The summed E-state index contributed by atoms with van der Waals surface area (Å²) in [6.45, 7) is 6.99. The maximum atomic E-state index is 13.7. The molecule has 2 fully saturated rings. The lowest BCUT2D eigenvalue weighted by Crippen LogP contribution is -2.59. The minimum absolute atomic E-state index is 0.0274. The lowest BCUT2D eigenvalue weighted by Gasteiger charge is -2.30. The minimum Gasteiger partial charge on any atom is -0.394 e. The van der Waals surface area contributed by atoms with Crippen molar-refractivity contribution in [3.05, 3.63) is 36.0 Å². The maximum absolute atomic E-state index is 13.7. The van der Waals surface area contributed by atoms with E-state index in [2.05, 4.69) is 26.3 Å². The molecule has 2 aliphatic rings. The maximum Gasteiger partial charge on any atom is 0.248 e. The van der Waals surface area contributed by atoms with Gasteiger partial charge >= 0.3 is 0 Å². The third-order valence-electron chi connectivity index (χ3n) is 7.95. The Bertz CT molecular complexity index is 1320. The fraction of sp³-hybridized carbons (Fsp3) is 0.567. The summed E-state index contributed by atoms with van der Waals surface area (Å²) in [6.07, 6.45) is 3.10. The Morgan fingerprint density at radius 2 is 1.52 bits per heavy atom. The van der Waals surface area contributed by atoms with Gasteiger partial charge in [0.05, 0.1) is 6.61 Å². The van der Waals surface area contributed by atoms with Gasteiger partial charge in [0.15, 0.2) is 0 Å².